The summed E-state index contributed by atoms with van der Waals surface area (Å²) in [5, 5.41) is 5.36. The molecule has 0 bridgehead atoms. The summed E-state index contributed by atoms with van der Waals surface area (Å²) in [4.78, 5) is 37.8. The lowest BCUT2D eigenvalue weighted by atomic mass is 9.79. The highest BCUT2D eigenvalue weighted by Gasteiger charge is 2.38. The normalized spacial score (nSPS) is 21.0. The van der Waals surface area contributed by atoms with E-state index in [-0.39, 0.29) is 18.0 Å². The summed E-state index contributed by atoms with van der Waals surface area (Å²) < 4.78 is 6.51. The lowest BCUT2D eigenvalue weighted by Gasteiger charge is -2.48. The Morgan fingerprint density at radius 1 is 1.16 bits per heavy atom. The number of aromatic nitrogens is 2. The molecule has 8 heteroatoms. The molecule has 1 aliphatic carbocycles. The van der Waals surface area contributed by atoms with Crippen molar-refractivity contribution >= 4 is 5.91 Å². The SMILES string of the molecule is O=C(Cn1[nH]c(=O)ccc1=O)NCC1(N2CCOCC2)CCCCC1. The maximum Gasteiger partial charge on any atom is 0.265 e. The van der Waals surface area contributed by atoms with Crippen LogP contribution < -0.4 is 16.4 Å². The van der Waals surface area contributed by atoms with Crippen LogP contribution in [0, 0.1) is 0 Å². The van der Waals surface area contributed by atoms with Crippen molar-refractivity contribution in [2.24, 2.45) is 0 Å². The number of morpholine rings is 1. The van der Waals surface area contributed by atoms with E-state index in [0.29, 0.717) is 6.54 Å². The number of H-pyrrole nitrogens is 1. The number of rotatable bonds is 5. The topological polar surface area (TPSA) is 96.4 Å². The van der Waals surface area contributed by atoms with Crippen LogP contribution in [0.5, 0.6) is 0 Å². The third kappa shape index (κ3) is 4.38. The second-order valence-electron chi connectivity index (χ2n) is 6.89. The van der Waals surface area contributed by atoms with Crippen molar-refractivity contribution in [2.45, 2.75) is 44.2 Å². The molecular formula is C17H26N4O4. The van der Waals surface area contributed by atoms with Gasteiger partial charge in [-0.05, 0) is 12.8 Å². The summed E-state index contributed by atoms with van der Waals surface area (Å²) in [6, 6.07) is 2.33. The Morgan fingerprint density at radius 3 is 2.60 bits per heavy atom. The Balaban J connectivity index is 1.64. The molecule has 1 aliphatic heterocycles. The Hall–Kier alpha value is -1.93. The molecule has 2 fully saturated rings. The zero-order chi connectivity index (χ0) is 17.7. The Kier molecular flexibility index (Phi) is 5.70. The van der Waals surface area contributed by atoms with Crippen LogP contribution in [0.1, 0.15) is 32.1 Å². The predicted octanol–water partition coefficient (Wildman–Crippen LogP) is -0.312. The number of carbonyl (C=O) groups is 1. The van der Waals surface area contributed by atoms with Crippen molar-refractivity contribution in [3.05, 3.63) is 32.8 Å². The molecule has 0 atom stereocenters. The lowest BCUT2D eigenvalue weighted by Crippen LogP contribution is -2.60. The number of amides is 1. The summed E-state index contributed by atoms with van der Waals surface area (Å²) in [5.74, 6) is -0.262. The fourth-order valence-electron chi connectivity index (χ4n) is 3.89. The van der Waals surface area contributed by atoms with E-state index in [0.717, 1.165) is 49.9 Å². The average molecular weight is 350 g/mol. The first-order valence-electron chi connectivity index (χ1n) is 8.99. The highest BCUT2D eigenvalue weighted by atomic mass is 16.5. The van der Waals surface area contributed by atoms with Crippen molar-refractivity contribution in [1.82, 2.24) is 20.0 Å². The smallest absolute Gasteiger partial charge is 0.265 e. The van der Waals surface area contributed by atoms with Gasteiger partial charge >= 0.3 is 0 Å². The van der Waals surface area contributed by atoms with Crippen LogP contribution >= 0.6 is 0 Å². The van der Waals surface area contributed by atoms with Crippen LogP contribution in [0.2, 0.25) is 0 Å². The number of hydrogen-bond acceptors (Lipinski definition) is 5. The fourth-order valence-corrected chi connectivity index (χ4v) is 3.89. The Morgan fingerprint density at radius 2 is 1.88 bits per heavy atom. The van der Waals surface area contributed by atoms with Crippen molar-refractivity contribution in [3.8, 4) is 0 Å². The first kappa shape index (κ1) is 17.9. The molecular weight excluding hydrogens is 324 g/mol. The minimum absolute atomic E-state index is 0.0211. The summed E-state index contributed by atoms with van der Waals surface area (Å²) in [6.07, 6.45) is 5.70. The molecule has 0 radical (unpaired) electrons. The first-order valence-corrected chi connectivity index (χ1v) is 8.99. The number of ether oxygens (including phenoxy) is 1. The zero-order valence-corrected chi connectivity index (χ0v) is 14.5. The van der Waals surface area contributed by atoms with E-state index in [1.54, 1.807) is 0 Å². The van der Waals surface area contributed by atoms with E-state index in [4.69, 9.17) is 4.74 Å². The highest BCUT2D eigenvalue weighted by Crippen LogP contribution is 2.33. The molecule has 25 heavy (non-hydrogen) atoms. The molecule has 2 heterocycles. The number of nitrogens with one attached hydrogen (secondary N) is 2. The monoisotopic (exact) mass is 350 g/mol. The third-order valence-corrected chi connectivity index (χ3v) is 5.27. The van der Waals surface area contributed by atoms with E-state index >= 15 is 0 Å². The Labute approximate surface area is 146 Å². The van der Waals surface area contributed by atoms with E-state index in [1.165, 1.54) is 25.3 Å². The molecule has 1 amide bonds. The van der Waals surface area contributed by atoms with Gasteiger partial charge in [-0.2, -0.15) is 0 Å². The maximum absolute atomic E-state index is 12.3. The Bertz CT molecular complexity index is 699. The number of hydrogen-bond donors (Lipinski definition) is 2. The largest absolute Gasteiger partial charge is 0.379 e. The van der Waals surface area contributed by atoms with Crippen LogP contribution in [0.4, 0.5) is 0 Å². The predicted molar refractivity (Wildman–Crippen MR) is 92.5 cm³/mol. The van der Waals surface area contributed by atoms with Crippen molar-refractivity contribution in [1.29, 1.82) is 0 Å². The van der Waals surface area contributed by atoms with Crippen LogP contribution in [-0.4, -0.2) is 59.0 Å². The van der Waals surface area contributed by atoms with E-state index < -0.39 is 11.1 Å². The minimum atomic E-state index is -0.399. The van der Waals surface area contributed by atoms with Gasteiger partial charge in [-0.3, -0.25) is 24.4 Å². The average Bonchev–Trinajstić information content (AvgIpc) is 2.65. The molecule has 1 aromatic heterocycles. The molecule has 1 saturated carbocycles. The van der Waals surface area contributed by atoms with Gasteiger partial charge in [0.25, 0.3) is 11.1 Å². The molecule has 0 unspecified atom stereocenters. The fraction of sp³-hybridized carbons (Fsp3) is 0.706. The summed E-state index contributed by atoms with van der Waals surface area (Å²) >= 11 is 0. The van der Waals surface area contributed by atoms with Gasteiger partial charge in [-0.1, -0.05) is 19.3 Å². The van der Waals surface area contributed by atoms with Gasteiger partial charge in [0.2, 0.25) is 5.91 Å². The van der Waals surface area contributed by atoms with Crippen molar-refractivity contribution in [2.75, 3.05) is 32.8 Å². The molecule has 2 aliphatic rings. The van der Waals surface area contributed by atoms with Gasteiger partial charge in [0.15, 0.2) is 0 Å². The van der Waals surface area contributed by atoms with E-state index in [1.807, 2.05) is 0 Å². The lowest BCUT2D eigenvalue weighted by molar-refractivity contribution is -0.123. The molecule has 0 spiro atoms. The number of aromatic amines is 1. The number of carbonyl (C=O) groups excluding carboxylic acids is 1. The van der Waals surface area contributed by atoms with Crippen LogP contribution in [0.25, 0.3) is 0 Å². The molecule has 3 rings (SSSR count). The second-order valence-corrected chi connectivity index (χ2v) is 6.89. The summed E-state index contributed by atoms with van der Waals surface area (Å²) in [7, 11) is 0. The van der Waals surface area contributed by atoms with Gasteiger partial charge in [0.1, 0.15) is 6.54 Å². The molecule has 1 aromatic rings. The summed E-state index contributed by atoms with van der Waals surface area (Å²) in [6.45, 7) is 3.64. The molecule has 2 N–H and O–H groups in total. The molecule has 8 nitrogen and oxygen atoms in total. The molecule has 1 saturated heterocycles. The first-order chi connectivity index (χ1) is 12.1. The van der Waals surface area contributed by atoms with E-state index in [2.05, 4.69) is 15.3 Å². The van der Waals surface area contributed by atoms with Gasteiger partial charge in [0.05, 0.1) is 13.2 Å². The van der Waals surface area contributed by atoms with Crippen LogP contribution in [0.3, 0.4) is 0 Å². The van der Waals surface area contributed by atoms with Gasteiger partial charge in [0, 0.05) is 37.3 Å². The highest BCUT2D eigenvalue weighted by molar-refractivity contribution is 5.75. The van der Waals surface area contributed by atoms with Gasteiger partial charge in [-0.25, -0.2) is 4.68 Å². The molecule has 0 aromatic carbocycles. The van der Waals surface area contributed by atoms with Gasteiger partial charge in [-0.15, -0.1) is 0 Å². The quantitative estimate of drug-likeness (QED) is 0.759. The zero-order valence-electron chi connectivity index (χ0n) is 14.5. The van der Waals surface area contributed by atoms with Crippen LogP contribution in [0.15, 0.2) is 21.7 Å². The third-order valence-electron chi connectivity index (χ3n) is 5.27. The van der Waals surface area contributed by atoms with Crippen molar-refractivity contribution < 1.29 is 9.53 Å². The number of nitrogens with zero attached hydrogens (tertiary/aromatic N) is 2. The van der Waals surface area contributed by atoms with Gasteiger partial charge < -0.3 is 10.1 Å². The molecule has 138 valence electrons. The minimum Gasteiger partial charge on any atom is -0.379 e. The standard InChI is InChI=1S/C17H26N4O4/c22-14-4-5-16(24)21(19-14)12-15(23)18-13-17(6-2-1-3-7-17)20-8-10-25-11-9-20/h4-5H,1-3,6-13H2,(H,18,23)(H,19,22). The second kappa shape index (κ2) is 7.97. The van der Waals surface area contributed by atoms with Crippen molar-refractivity contribution in [3.63, 3.8) is 0 Å². The van der Waals surface area contributed by atoms with E-state index in [9.17, 15) is 14.4 Å². The maximum atomic E-state index is 12.3. The van der Waals surface area contributed by atoms with Crippen LogP contribution in [-0.2, 0) is 16.1 Å². The summed E-state index contributed by atoms with van der Waals surface area (Å²) in [5.41, 5.74) is -0.813.